The number of hydrogen-bond acceptors (Lipinski definition) is 3. The van der Waals surface area contributed by atoms with Crippen LogP contribution in [0.1, 0.15) is 29.3 Å². The van der Waals surface area contributed by atoms with Crippen molar-refractivity contribution in [2.24, 2.45) is 7.05 Å². The second-order valence-corrected chi connectivity index (χ2v) is 6.22. The Kier molecular flexibility index (Phi) is 3.67. The van der Waals surface area contributed by atoms with E-state index in [4.69, 9.17) is 0 Å². The van der Waals surface area contributed by atoms with E-state index in [0.29, 0.717) is 18.5 Å². The molecule has 6 heteroatoms. The summed E-state index contributed by atoms with van der Waals surface area (Å²) in [6, 6.07) is 5.53. The van der Waals surface area contributed by atoms with Crippen LogP contribution in [0, 0.1) is 6.92 Å². The van der Waals surface area contributed by atoms with Crippen LogP contribution < -0.4 is 10.6 Å². The lowest BCUT2D eigenvalue weighted by molar-refractivity contribution is -0.123. The number of amides is 2. The summed E-state index contributed by atoms with van der Waals surface area (Å²) in [5.74, 6) is -0.375. The predicted octanol–water partition coefficient (Wildman–Crippen LogP) is 1.40. The lowest BCUT2D eigenvalue weighted by atomic mass is 9.97. The molecule has 0 bridgehead atoms. The van der Waals surface area contributed by atoms with E-state index in [2.05, 4.69) is 15.7 Å². The fourth-order valence-electron chi connectivity index (χ4n) is 2.81. The van der Waals surface area contributed by atoms with E-state index >= 15 is 0 Å². The van der Waals surface area contributed by atoms with Gasteiger partial charge in [-0.2, -0.15) is 5.10 Å². The van der Waals surface area contributed by atoms with Gasteiger partial charge in [0.05, 0.1) is 6.20 Å². The van der Waals surface area contributed by atoms with E-state index in [-0.39, 0.29) is 11.8 Å². The minimum Gasteiger partial charge on any atom is -0.354 e. The third kappa shape index (κ3) is 2.84. The van der Waals surface area contributed by atoms with E-state index in [9.17, 15) is 9.59 Å². The maximum atomic E-state index is 12.5. The summed E-state index contributed by atoms with van der Waals surface area (Å²) in [5, 5.41) is 9.78. The van der Waals surface area contributed by atoms with Crippen molar-refractivity contribution in [3.8, 4) is 11.1 Å². The molecule has 0 saturated carbocycles. The van der Waals surface area contributed by atoms with Crippen LogP contribution in [0.5, 0.6) is 0 Å². The first kappa shape index (κ1) is 15.3. The molecule has 1 aromatic heterocycles. The monoisotopic (exact) mass is 312 g/mol. The summed E-state index contributed by atoms with van der Waals surface area (Å²) in [7, 11) is 1.86. The fraction of sp³-hybridized carbons (Fsp3) is 0.353. The fourth-order valence-corrected chi connectivity index (χ4v) is 2.81. The van der Waals surface area contributed by atoms with Crippen LogP contribution in [0.4, 0.5) is 0 Å². The second kappa shape index (κ2) is 5.53. The first-order valence-corrected chi connectivity index (χ1v) is 7.59. The summed E-state index contributed by atoms with van der Waals surface area (Å²) < 4.78 is 1.73. The Bertz CT molecular complexity index is 781. The van der Waals surface area contributed by atoms with Crippen LogP contribution in [-0.4, -0.2) is 33.7 Å². The van der Waals surface area contributed by atoms with Crippen LogP contribution >= 0.6 is 0 Å². The molecule has 2 N–H and O–H groups in total. The number of aromatic nitrogens is 2. The van der Waals surface area contributed by atoms with Crippen molar-refractivity contribution in [3.63, 3.8) is 0 Å². The Balaban J connectivity index is 1.88. The van der Waals surface area contributed by atoms with E-state index in [1.807, 2.05) is 32.3 Å². The van der Waals surface area contributed by atoms with Gasteiger partial charge in [0.2, 0.25) is 5.91 Å². The van der Waals surface area contributed by atoms with Crippen molar-refractivity contribution >= 4 is 11.8 Å². The molecular weight excluding hydrogens is 292 g/mol. The summed E-state index contributed by atoms with van der Waals surface area (Å²) in [6.45, 7) is 4.34. The molecule has 1 aliphatic heterocycles. The SMILES string of the molecule is Cc1ccc(C(=O)NC2(C)CCNC2=O)cc1-c1cnn(C)c1. The number of nitrogens with one attached hydrogen (secondary N) is 2. The maximum Gasteiger partial charge on any atom is 0.252 e. The smallest absolute Gasteiger partial charge is 0.252 e. The van der Waals surface area contributed by atoms with Crippen LogP contribution in [0.3, 0.4) is 0 Å². The molecule has 2 amide bonds. The zero-order valence-electron chi connectivity index (χ0n) is 13.5. The highest BCUT2D eigenvalue weighted by Gasteiger charge is 2.39. The summed E-state index contributed by atoms with van der Waals surface area (Å²) in [4.78, 5) is 24.4. The van der Waals surface area contributed by atoms with Crippen molar-refractivity contribution in [1.29, 1.82) is 0 Å². The Morgan fingerprint density at radius 1 is 1.43 bits per heavy atom. The number of carbonyl (C=O) groups excluding carboxylic acids is 2. The zero-order valence-corrected chi connectivity index (χ0v) is 13.5. The minimum absolute atomic E-state index is 0.134. The molecule has 1 aromatic carbocycles. The van der Waals surface area contributed by atoms with Gasteiger partial charge in [0.25, 0.3) is 5.91 Å². The highest BCUT2D eigenvalue weighted by Crippen LogP contribution is 2.24. The largest absolute Gasteiger partial charge is 0.354 e. The average Bonchev–Trinajstić information content (AvgIpc) is 3.06. The van der Waals surface area contributed by atoms with Gasteiger partial charge < -0.3 is 10.6 Å². The minimum atomic E-state index is -0.837. The van der Waals surface area contributed by atoms with Gasteiger partial charge in [-0.05, 0) is 43.5 Å². The van der Waals surface area contributed by atoms with Crippen molar-refractivity contribution in [1.82, 2.24) is 20.4 Å². The molecule has 1 fully saturated rings. The van der Waals surface area contributed by atoms with Crippen molar-refractivity contribution in [2.75, 3.05) is 6.54 Å². The molecule has 1 unspecified atom stereocenters. The van der Waals surface area contributed by atoms with Gasteiger partial charge in [0.1, 0.15) is 5.54 Å². The number of aryl methyl sites for hydroxylation is 2. The topological polar surface area (TPSA) is 76.0 Å². The lowest BCUT2D eigenvalue weighted by Gasteiger charge is -2.22. The molecule has 120 valence electrons. The number of rotatable bonds is 3. The average molecular weight is 312 g/mol. The second-order valence-electron chi connectivity index (χ2n) is 6.22. The Labute approximate surface area is 134 Å². The third-order valence-electron chi connectivity index (χ3n) is 4.32. The van der Waals surface area contributed by atoms with Crippen molar-refractivity contribution in [2.45, 2.75) is 25.8 Å². The van der Waals surface area contributed by atoms with Crippen LogP contribution in [0.25, 0.3) is 11.1 Å². The Hall–Kier alpha value is -2.63. The normalized spacial score (nSPS) is 20.4. The number of hydrogen-bond donors (Lipinski definition) is 2. The summed E-state index contributed by atoms with van der Waals surface area (Å²) in [6.07, 6.45) is 4.28. The molecular formula is C17H20N4O2. The molecule has 0 spiro atoms. The molecule has 2 heterocycles. The molecule has 1 atom stereocenters. The Morgan fingerprint density at radius 2 is 2.22 bits per heavy atom. The van der Waals surface area contributed by atoms with E-state index in [1.165, 1.54) is 0 Å². The molecule has 0 aliphatic carbocycles. The predicted molar refractivity (Wildman–Crippen MR) is 86.9 cm³/mol. The Morgan fingerprint density at radius 3 is 2.83 bits per heavy atom. The molecule has 1 saturated heterocycles. The third-order valence-corrected chi connectivity index (χ3v) is 4.32. The van der Waals surface area contributed by atoms with Crippen molar-refractivity contribution in [3.05, 3.63) is 41.7 Å². The quantitative estimate of drug-likeness (QED) is 0.899. The number of nitrogens with zero attached hydrogens (tertiary/aromatic N) is 2. The number of benzene rings is 1. The van der Waals surface area contributed by atoms with E-state index in [1.54, 1.807) is 23.9 Å². The first-order valence-electron chi connectivity index (χ1n) is 7.59. The molecule has 1 aliphatic rings. The van der Waals surface area contributed by atoms with Gasteiger partial charge >= 0.3 is 0 Å². The maximum absolute atomic E-state index is 12.5. The van der Waals surface area contributed by atoms with Crippen molar-refractivity contribution < 1.29 is 9.59 Å². The number of carbonyl (C=O) groups is 2. The molecule has 2 aromatic rings. The van der Waals surface area contributed by atoms with Crippen LogP contribution in [-0.2, 0) is 11.8 Å². The zero-order chi connectivity index (χ0) is 16.6. The highest BCUT2D eigenvalue weighted by atomic mass is 16.2. The van der Waals surface area contributed by atoms with Gasteiger partial charge in [-0.1, -0.05) is 6.07 Å². The molecule has 23 heavy (non-hydrogen) atoms. The van der Waals surface area contributed by atoms with Gasteiger partial charge in [0, 0.05) is 30.9 Å². The molecule has 3 rings (SSSR count). The van der Waals surface area contributed by atoms with Gasteiger partial charge in [0.15, 0.2) is 0 Å². The standard InChI is InChI=1S/C17H20N4O2/c1-11-4-5-12(8-14(11)13-9-19-21(3)10-13)15(22)20-17(2)6-7-18-16(17)23/h4-5,8-10H,6-7H2,1-3H3,(H,18,23)(H,20,22). The van der Waals surface area contributed by atoms with Gasteiger partial charge in [-0.15, -0.1) is 0 Å². The summed E-state index contributed by atoms with van der Waals surface area (Å²) >= 11 is 0. The summed E-state index contributed by atoms with van der Waals surface area (Å²) in [5.41, 5.74) is 2.70. The lowest BCUT2D eigenvalue weighted by Crippen LogP contribution is -2.51. The van der Waals surface area contributed by atoms with Gasteiger partial charge in [-0.3, -0.25) is 14.3 Å². The van der Waals surface area contributed by atoms with E-state index in [0.717, 1.165) is 16.7 Å². The molecule has 6 nitrogen and oxygen atoms in total. The van der Waals surface area contributed by atoms with Gasteiger partial charge in [-0.25, -0.2) is 0 Å². The molecule has 0 radical (unpaired) electrons. The highest BCUT2D eigenvalue weighted by molar-refractivity contribution is 6.00. The van der Waals surface area contributed by atoms with Crippen LogP contribution in [0.2, 0.25) is 0 Å². The first-order chi connectivity index (χ1) is 10.9. The van der Waals surface area contributed by atoms with E-state index < -0.39 is 5.54 Å². The van der Waals surface area contributed by atoms with Crippen LogP contribution in [0.15, 0.2) is 30.6 Å².